The smallest absolute Gasteiger partial charge is 0.133 e. The van der Waals surface area contributed by atoms with Gasteiger partial charge in [-0.15, -0.1) is 0 Å². The van der Waals surface area contributed by atoms with E-state index in [-0.39, 0.29) is 5.60 Å². The fourth-order valence-corrected chi connectivity index (χ4v) is 4.39. The van der Waals surface area contributed by atoms with Gasteiger partial charge in [0.2, 0.25) is 0 Å². The summed E-state index contributed by atoms with van der Waals surface area (Å²) in [7, 11) is 7.26. The number of aldehydes is 2. The van der Waals surface area contributed by atoms with E-state index >= 15 is 0 Å². The van der Waals surface area contributed by atoms with E-state index in [1.54, 1.807) is 21.3 Å². The molecule has 3 aromatic carbocycles. The molecule has 1 heterocycles. The van der Waals surface area contributed by atoms with Gasteiger partial charge >= 0.3 is 0 Å². The Balaban J connectivity index is 0.000000412. The zero-order valence-corrected chi connectivity index (χ0v) is 25.0. The molecule has 0 amide bonds. The van der Waals surface area contributed by atoms with Crippen molar-refractivity contribution >= 4 is 18.3 Å². The van der Waals surface area contributed by atoms with Crippen molar-refractivity contribution < 1.29 is 19.1 Å². The minimum absolute atomic E-state index is 0.0417. The van der Waals surface area contributed by atoms with E-state index in [1.807, 2.05) is 26.8 Å². The molecule has 6 nitrogen and oxygen atoms in total. The molecule has 1 aliphatic rings. The number of hydrogen-bond acceptors (Lipinski definition) is 6. The molecule has 0 aliphatic carbocycles. The minimum Gasteiger partial charge on any atom is -0.497 e. The van der Waals surface area contributed by atoms with Crippen LogP contribution in [0.4, 0.5) is 5.69 Å². The number of methoxy groups -OCH3 is 2. The van der Waals surface area contributed by atoms with Crippen molar-refractivity contribution in [1.29, 1.82) is 0 Å². The number of carbonyl (C=O) groups excluding carboxylic acids is 2. The van der Waals surface area contributed by atoms with Crippen LogP contribution in [0, 0.1) is 13.8 Å². The Kier molecular flexibility index (Phi) is 11.9. The first-order valence-electron chi connectivity index (χ1n) is 13.2. The van der Waals surface area contributed by atoms with Gasteiger partial charge in [-0.3, -0.25) is 0 Å². The van der Waals surface area contributed by atoms with Crippen LogP contribution < -0.4 is 15.0 Å². The van der Waals surface area contributed by atoms with Gasteiger partial charge in [0.05, 0.1) is 19.3 Å². The molecule has 0 fully saturated rings. The van der Waals surface area contributed by atoms with Crippen LogP contribution in [0.2, 0.25) is 0 Å². The monoisotopic (exact) mass is 532 g/mol. The number of benzene rings is 3. The van der Waals surface area contributed by atoms with Gasteiger partial charge in [-0.25, -0.2) is 0 Å². The Hall–Kier alpha value is -3.48. The van der Waals surface area contributed by atoms with Crippen molar-refractivity contribution in [2.24, 2.45) is 0 Å². The van der Waals surface area contributed by atoms with Crippen molar-refractivity contribution in [1.82, 2.24) is 5.32 Å². The number of ether oxygens (including phenoxy) is 2. The molecular formula is C33H44N2O4. The second-order valence-electron chi connectivity index (χ2n) is 10.6. The van der Waals surface area contributed by atoms with Crippen molar-refractivity contribution in [3.8, 4) is 28.0 Å². The third kappa shape index (κ3) is 8.50. The molecule has 4 rings (SSSR count). The standard InChI is InChI=1S/C25H25NO2.C5H12O.C3H7NO/c1-16-5-7-18(8-6-16)23-14-24-22-10-9-20(28-4)13-19(22)15-26(3)25(24)17(2)21(23)11-12-27;1-5(2,3)6-4;1-4-2-3-5/h5-10,12-14H,11,15H2,1-4H3;1-4H3;3-4H,2H2,1H3. The maximum absolute atomic E-state index is 11.5. The molecule has 0 spiro atoms. The average molecular weight is 533 g/mol. The first-order valence-corrected chi connectivity index (χ1v) is 13.2. The molecule has 39 heavy (non-hydrogen) atoms. The van der Waals surface area contributed by atoms with E-state index in [0.717, 1.165) is 41.6 Å². The summed E-state index contributed by atoms with van der Waals surface area (Å²) in [6, 6.07) is 17.1. The van der Waals surface area contributed by atoms with Crippen molar-refractivity contribution in [2.75, 3.05) is 39.8 Å². The first-order chi connectivity index (χ1) is 18.5. The molecular weight excluding hydrogens is 488 g/mol. The van der Waals surface area contributed by atoms with Crippen molar-refractivity contribution in [2.45, 2.75) is 53.2 Å². The number of hydrogen-bond donors (Lipinski definition) is 1. The SMILES string of the molecule is CNCC=O.COC(C)(C)C.COc1ccc2c(c1)CN(C)c1c-2cc(-c2ccc(C)cc2)c(CC=O)c1C. The number of aryl methyl sites for hydroxylation is 1. The molecule has 1 aliphatic heterocycles. The van der Waals surface area contributed by atoms with E-state index in [9.17, 15) is 9.59 Å². The largest absolute Gasteiger partial charge is 0.497 e. The lowest BCUT2D eigenvalue weighted by atomic mass is 9.84. The van der Waals surface area contributed by atoms with E-state index in [1.165, 1.54) is 33.5 Å². The number of fused-ring (bicyclic) bond motifs is 3. The van der Waals surface area contributed by atoms with E-state index < -0.39 is 0 Å². The molecule has 0 atom stereocenters. The molecule has 210 valence electrons. The lowest BCUT2D eigenvalue weighted by Crippen LogP contribution is -2.23. The Morgan fingerprint density at radius 3 is 2.05 bits per heavy atom. The second kappa shape index (κ2) is 14.6. The maximum Gasteiger partial charge on any atom is 0.133 e. The molecule has 1 N–H and O–H groups in total. The number of carbonyl (C=O) groups is 2. The maximum atomic E-state index is 11.5. The first kappa shape index (κ1) is 31.7. The third-order valence-electron chi connectivity index (χ3n) is 6.62. The molecule has 0 radical (unpaired) electrons. The molecule has 0 saturated carbocycles. The average Bonchev–Trinajstić information content (AvgIpc) is 2.91. The van der Waals surface area contributed by atoms with Crippen LogP contribution in [0.1, 0.15) is 43.0 Å². The molecule has 0 saturated heterocycles. The summed E-state index contributed by atoms with van der Waals surface area (Å²) in [5.41, 5.74) is 10.8. The van der Waals surface area contributed by atoms with Gasteiger partial charge in [0.15, 0.2) is 0 Å². The van der Waals surface area contributed by atoms with Gasteiger partial charge in [-0.05, 0) is 93.2 Å². The van der Waals surface area contributed by atoms with Crippen molar-refractivity contribution in [3.05, 3.63) is 70.8 Å². The minimum atomic E-state index is 0.0417. The Labute approximate surface area is 234 Å². The van der Waals surface area contributed by atoms with E-state index in [2.05, 4.69) is 73.6 Å². The summed E-state index contributed by atoms with van der Waals surface area (Å²) in [6.07, 6.45) is 2.25. The van der Waals surface area contributed by atoms with Gasteiger partial charge in [0, 0.05) is 38.4 Å². The highest BCUT2D eigenvalue weighted by atomic mass is 16.5. The second-order valence-corrected chi connectivity index (χ2v) is 10.6. The van der Waals surface area contributed by atoms with Crippen LogP contribution >= 0.6 is 0 Å². The highest BCUT2D eigenvalue weighted by molar-refractivity contribution is 5.92. The van der Waals surface area contributed by atoms with Crippen LogP contribution in [0.5, 0.6) is 5.75 Å². The van der Waals surface area contributed by atoms with Crippen LogP contribution in [0.3, 0.4) is 0 Å². The summed E-state index contributed by atoms with van der Waals surface area (Å²) >= 11 is 0. The quantitative estimate of drug-likeness (QED) is 0.383. The zero-order chi connectivity index (χ0) is 29.2. The predicted molar refractivity (Wildman–Crippen MR) is 162 cm³/mol. The molecule has 6 heteroatoms. The number of nitrogens with zero attached hydrogens (tertiary/aromatic N) is 1. The lowest BCUT2D eigenvalue weighted by Gasteiger charge is -2.33. The highest BCUT2D eigenvalue weighted by Crippen LogP contribution is 2.45. The summed E-state index contributed by atoms with van der Waals surface area (Å²) in [5.74, 6) is 0.878. The van der Waals surface area contributed by atoms with Crippen LogP contribution in [0.25, 0.3) is 22.3 Å². The molecule has 0 unspecified atom stereocenters. The summed E-state index contributed by atoms with van der Waals surface area (Å²) in [4.78, 5) is 23.1. The van der Waals surface area contributed by atoms with E-state index in [4.69, 9.17) is 9.47 Å². The Morgan fingerprint density at radius 2 is 1.56 bits per heavy atom. The Morgan fingerprint density at radius 1 is 0.923 bits per heavy atom. The molecule has 0 bridgehead atoms. The van der Waals surface area contributed by atoms with Crippen LogP contribution in [-0.2, 0) is 27.3 Å². The zero-order valence-electron chi connectivity index (χ0n) is 25.0. The van der Waals surface area contributed by atoms with Gasteiger partial charge in [-0.2, -0.15) is 0 Å². The molecule has 0 aromatic heterocycles. The van der Waals surface area contributed by atoms with Crippen LogP contribution in [-0.4, -0.2) is 53.0 Å². The lowest BCUT2D eigenvalue weighted by molar-refractivity contribution is -0.108. The fourth-order valence-electron chi connectivity index (χ4n) is 4.39. The number of likely N-dealkylation sites (N-methyl/N-ethyl adjacent to an activating group) is 1. The fraction of sp³-hybridized carbons (Fsp3) is 0.394. The molecule has 3 aromatic rings. The third-order valence-corrected chi connectivity index (χ3v) is 6.62. The highest BCUT2D eigenvalue weighted by Gasteiger charge is 2.25. The summed E-state index contributed by atoms with van der Waals surface area (Å²) in [6.45, 7) is 11.6. The number of anilines is 1. The van der Waals surface area contributed by atoms with E-state index in [0.29, 0.717) is 13.0 Å². The topological polar surface area (TPSA) is 67.9 Å². The summed E-state index contributed by atoms with van der Waals surface area (Å²) < 4.78 is 10.4. The van der Waals surface area contributed by atoms with Crippen molar-refractivity contribution in [3.63, 3.8) is 0 Å². The Bertz CT molecular complexity index is 1240. The van der Waals surface area contributed by atoms with Gasteiger partial charge in [-0.1, -0.05) is 35.9 Å². The number of rotatable bonds is 6. The van der Waals surface area contributed by atoms with Gasteiger partial charge in [0.25, 0.3) is 0 Å². The van der Waals surface area contributed by atoms with Crippen LogP contribution in [0.15, 0.2) is 48.5 Å². The summed E-state index contributed by atoms with van der Waals surface area (Å²) in [5, 5.41) is 2.65. The van der Waals surface area contributed by atoms with Gasteiger partial charge < -0.3 is 29.3 Å². The van der Waals surface area contributed by atoms with Gasteiger partial charge in [0.1, 0.15) is 18.3 Å². The predicted octanol–water partition coefficient (Wildman–Crippen LogP) is 6.17. The normalized spacial score (nSPS) is 11.7. The number of nitrogens with one attached hydrogen (secondary N) is 1.